The number of carboxylic acids is 1. The van der Waals surface area contributed by atoms with Gasteiger partial charge >= 0.3 is 0 Å². The number of hydrogen-bond donors (Lipinski definition) is 1. The predicted molar refractivity (Wildman–Crippen MR) is 81.2 cm³/mol. The van der Waals surface area contributed by atoms with E-state index in [-0.39, 0.29) is 27.6 Å². The molecular formula is C14H11N2O7S-. The van der Waals surface area contributed by atoms with Gasteiger partial charge in [0, 0.05) is 6.07 Å². The predicted octanol–water partition coefficient (Wildman–Crippen LogP) is 0.768. The zero-order valence-corrected chi connectivity index (χ0v) is 13.1. The number of carbonyl (C=O) groups excluding carboxylic acids is 1. The fraction of sp³-hybridized carbons (Fsp3) is 0.0714. The summed E-state index contributed by atoms with van der Waals surface area (Å²) in [5.41, 5.74) is -0.593. The SMILES string of the molecule is COc1cc([N+](=O)[O-])ccc1NS(=O)(=O)c1cccc(C(=O)[O-])c1. The molecule has 0 aliphatic heterocycles. The molecule has 126 valence electrons. The lowest BCUT2D eigenvalue weighted by molar-refractivity contribution is -0.384. The largest absolute Gasteiger partial charge is 0.545 e. The summed E-state index contributed by atoms with van der Waals surface area (Å²) in [5, 5.41) is 21.6. The Morgan fingerprint density at radius 1 is 1.21 bits per heavy atom. The average Bonchev–Trinajstić information content (AvgIpc) is 2.54. The number of benzene rings is 2. The van der Waals surface area contributed by atoms with Crippen molar-refractivity contribution in [3.05, 3.63) is 58.1 Å². The molecule has 0 heterocycles. The number of nitro groups is 1. The fourth-order valence-electron chi connectivity index (χ4n) is 1.87. The zero-order valence-electron chi connectivity index (χ0n) is 12.3. The molecule has 0 saturated carbocycles. The van der Waals surface area contributed by atoms with Crippen molar-refractivity contribution >= 4 is 27.4 Å². The first kappa shape index (κ1) is 17.2. The molecule has 0 atom stereocenters. The first-order chi connectivity index (χ1) is 11.2. The van der Waals surface area contributed by atoms with Crippen LogP contribution in [-0.4, -0.2) is 26.4 Å². The minimum absolute atomic E-state index is 0.0260. The maximum atomic E-state index is 12.3. The van der Waals surface area contributed by atoms with Crippen molar-refractivity contribution in [1.29, 1.82) is 0 Å². The molecular weight excluding hydrogens is 340 g/mol. The van der Waals surface area contributed by atoms with E-state index in [1.165, 1.54) is 31.4 Å². The number of nitro benzene ring substituents is 1. The number of methoxy groups -OCH3 is 1. The molecule has 24 heavy (non-hydrogen) atoms. The van der Waals surface area contributed by atoms with Gasteiger partial charge in [-0.15, -0.1) is 0 Å². The number of carboxylic acid groups (broad SMARTS) is 1. The number of non-ortho nitro benzene ring substituents is 1. The molecule has 0 aliphatic carbocycles. The van der Waals surface area contributed by atoms with Crippen molar-refractivity contribution in [3.8, 4) is 5.75 Å². The van der Waals surface area contributed by atoms with E-state index in [2.05, 4.69) is 4.72 Å². The lowest BCUT2D eigenvalue weighted by Crippen LogP contribution is -2.23. The average molecular weight is 351 g/mol. The molecule has 10 heteroatoms. The van der Waals surface area contributed by atoms with Gasteiger partial charge in [-0.1, -0.05) is 12.1 Å². The van der Waals surface area contributed by atoms with E-state index in [4.69, 9.17) is 4.74 Å². The Labute approximate surface area is 136 Å². The molecule has 0 aliphatic rings. The number of sulfonamides is 1. The van der Waals surface area contributed by atoms with Gasteiger partial charge in [-0.05, 0) is 23.8 Å². The Morgan fingerprint density at radius 3 is 2.50 bits per heavy atom. The lowest BCUT2D eigenvalue weighted by atomic mass is 10.2. The number of ether oxygens (including phenoxy) is 1. The number of anilines is 1. The monoisotopic (exact) mass is 351 g/mol. The molecule has 0 bridgehead atoms. The third-order valence-electron chi connectivity index (χ3n) is 3.02. The number of nitrogens with one attached hydrogen (secondary N) is 1. The topological polar surface area (TPSA) is 139 Å². The van der Waals surface area contributed by atoms with Crippen LogP contribution in [0.15, 0.2) is 47.4 Å². The molecule has 1 N–H and O–H groups in total. The summed E-state index contributed by atoms with van der Waals surface area (Å²) < 4.78 is 31.8. The van der Waals surface area contributed by atoms with Crippen LogP contribution < -0.4 is 14.6 Å². The minimum atomic E-state index is -4.13. The van der Waals surface area contributed by atoms with Gasteiger partial charge in [-0.3, -0.25) is 14.8 Å². The van der Waals surface area contributed by atoms with E-state index >= 15 is 0 Å². The fourth-order valence-corrected chi connectivity index (χ4v) is 2.99. The van der Waals surface area contributed by atoms with Gasteiger partial charge in [-0.2, -0.15) is 0 Å². The summed E-state index contributed by atoms with van der Waals surface area (Å²) in [6.07, 6.45) is 0. The van der Waals surface area contributed by atoms with Gasteiger partial charge in [0.15, 0.2) is 0 Å². The lowest BCUT2D eigenvalue weighted by Gasteiger charge is -2.12. The van der Waals surface area contributed by atoms with Gasteiger partial charge in [0.2, 0.25) is 0 Å². The molecule has 2 rings (SSSR count). The van der Waals surface area contributed by atoms with Crippen molar-refractivity contribution < 1.29 is 28.0 Å². The van der Waals surface area contributed by atoms with E-state index in [0.717, 1.165) is 18.2 Å². The van der Waals surface area contributed by atoms with Crippen molar-refractivity contribution in [3.63, 3.8) is 0 Å². The Bertz CT molecular complexity index is 909. The van der Waals surface area contributed by atoms with Crippen LogP contribution in [-0.2, 0) is 10.0 Å². The summed E-state index contributed by atoms with van der Waals surface area (Å²) >= 11 is 0. The molecule has 2 aromatic carbocycles. The summed E-state index contributed by atoms with van der Waals surface area (Å²) in [5.74, 6) is -1.57. The molecule has 2 aromatic rings. The van der Waals surface area contributed by atoms with Crippen LogP contribution in [0.4, 0.5) is 11.4 Å². The van der Waals surface area contributed by atoms with Crippen molar-refractivity contribution in [2.24, 2.45) is 0 Å². The molecule has 0 aromatic heterocycles. The molecule has 0 radical (unpaired) electrons. The standard InChI is InChI=1S/C14H12N2O7S/c1-23-13-8-10(16(19)20)5-6-12(13)15-24(21,22)11-4-2-3-9(7-11)14(17)18/h2-8,15H,1H3,(H,17,18)/p-1. The summed E-state index contributed by atoms with van der Waals surface area (Å²) in [6.45, 7) is 0. The first-order valence-corrected chi connectivity index (χ1v) is 7.89. The van der Waals surface area contributed by atoms with E-state index in [1.54, 1.807) is 0 Å². The second-order valence-corrected chi connectivity index (χ2v) is 6.24. The van der Waals surface area contributed by atoms with Gasteiger partial charge < -0.3 is 14.6 Å². The number of carbonyl (C=O) groups is 1. The van der Waals surface area contributed by atoms with Gasteiger partial charge in [-0.25, -0.2) is 8.42 Å². The van der Waals surface area contributed by atoms with E-state index in [0.29, 0.717) is 0 Å². The van der Waals surface area contributed by atoms with Crippen LogP contribution in [0.1, 0.15) is 10.4 Å². The van der Waals surface area contributed by atoms with Crippen LogP contribution in [0.3, 0.4) is 0 Å². The Hall–Kier alpha value is -3.14. The van der Waals surface area contributed by atoms with E-state index in [1.807, 2.05) is 0 Å². The smallest absolute Gasteiger partial charge is 0.273 e. The highest BCUT2D eigenvalue weighted by Crippen LogP contribution is 2.30. The van der Waals surface area contributed by atoms with Crippen molar-refractivity contribution in [1.82, 2.24) is 0 Å². The molecule has 0 spiro atoms. The van der Waals surface area contributed by atoms with Crippen molar-refractivity contribution in [2.45, 2.75) is 4.90 Å². The summed E-state index contributed by atoms with van der Waals surface area (Å²) in [6, 6.07) is 7.94. The van der Waals surface area contributed by atoms with Gasteiger partial charge in [0.1, 0.15) is 5.75 Å². The number of nitrogens with zero attached hydrogens (tertiary/aromatic N) is 1. The van der Waals surface area contributed by atoms with E-state index < -0.39 is 20.9 Å². The summed E-state index contributed by atoms with van der Waals surface area (Å²) in [4.78, 5) is 20.6. The summed E-state index contributed by atoms with van der Waals surface area (Å²) in [7, 11) is -2.90. The Morgan fingerprint density at radius 2 is 1.92 bits per heavy atom. The molecule has 0 amide bonds. The van der Waals surface area contributed by atoms with Crippen LogP contribution >= 0.6 is 0 Å². The maximum absolute atomic E-state index is 12.3. The highest BCUT2D eigenvalue weighted by atomic mass is 32.2. The number of aromatic carboxylic acids is 1. The highest BCUT2D eigenvalue weighted by Gasteiger charge is 2.19. The second-order valence-electron chi connectivity index (χ2n) is 4.56. The number of rotatable bonds is 6. The molecule has 0 saturated heterocycles. The Balaban J connectivity index is 2.41. The normalized spacial score (nSPS) is 10.9. The second kappa shape index (κ2) is 6.54. The highest BCUT2D eigenvalue weighted by molar-refractivity contribution is 7.92. The van der Waals surface area contributed by atoms with Crippen LogP contribution in [0.2, 0.25) is 0 Å². The van der Waals surface area contributed by atoms with Gasteiger partial charge in [0.25, 0.3) is 15.7 Å². The minimum Gasteiger partial charge on any atom is -0.545 e. The first-order valence-electron chi connectivity index (χ1n) is 6.41. The third kappa shape index (κ3) is 3.60. The number of hydrogen-bond acceptors (Lipinski definition) is 7. The molecule has 9 nitrogen and oxygen atoms in total. The van der Waals surface area contributed by atoms with E-state index in [9.17, 15) is 28.4 Å². The van der Waals surface area contributed by atoms with Crippen LogP contribution in [0, 0.1) is 10.1 Å². The molecule has 0 unspecified atom stereocenters. The maximum Gasteiger partial charge on any atom is 0.273 e. The van der Waals surface area contributed by atoms with Crippen molar-refractivity contribution in [2.75, 3.05) is 11.8 Å². The van der Waals surface area contributed by atoms with Crippen LogP contribution in [0.25, 0.3) is 0 Å². The zero-order chi connectivity index (χ0) is 17.9. The quantitative estimate of drug-likeness (QED) is 0.599. The van der Waals surface area contributed by atoms with Crippen LogP contribution in [0.5, 0.6) is 5.75 Å². The Kier molecular flexibility index (Phi) is 4.69. The van der Waals surface area contributed by atoms with Gasteiger partial charge in [0.05, 0.1) is 34.7 Å². The molecule has 0 fully saturated rings. The third-order valence-corrected chi connectivity index (χ3v) is 4.38.